The molecule has 1 aliphatic heterocycles. The van der Waals surface area contributed by atoms with Crippen LogP contribution in [-0.4, -0.2) is 39.9 Å². The zero-order valence-electron chi connectivity index (χ0n) is 16.6. The maximum Gasteiger partial charge on any atom is 0.326 e. The number of pyridine rings is 1. The molecule has 3 amide bonds. The van der Waals surface area contributed by atoms with E-state index in [4.69, 9.17) is 0 Å². The van der Waals surface area contributed by atoms with Gasteiger partial charge in [0.1, 0.15) is 16.5 Å². The van der Waals surface area contributed by atoms with Crippen LogP contribution in [0, 0.1) is 18.6 Å². The number of nitrogens with zero attached hydrogens (tertiary/aromatic N) is 4. The third-order valence-corrected chi connectivity index (χ3v) is 5.95. The van der Waals surface area contributed by atoms with Gasteiger partial charge in [-0.2, -0.15) is 0 Å². The summed E-state index contributed by atoms with van der Waals surface area (Å²) in [4.78, 5) is 37.3. The summed E-state index contributed by atoms with van der Waals surface area (Å²) < 4.78 is 26.9. The van der Waals surface area contributed by atoms with Crippen molar-refractivity contribution in [2.45, 2.75) is 20.0 Å². The molecule has 3 aromatic rings. The quantitative estimate of drug-likeness (QED) is 0.633. The molecular formula is C21H19F2N5O2S. The number of nitrogens with one attached hydrogen (secondary N) is 1. The normalized spacial score (nSPS) is 13.7. The van der Waals surface area contributed by atoms with Gasteiger partial charge in [0.05, 0.1) is 17.9 Å². The highest BCUT2D eigenvalue weighted by atomic mass is 32.1. The third-order valence-electron chi connectivity index (χ3n) is 4.77. The molecule has 0 bridgehead atoms. The second-order valence-corrected chi connectivity index (χ2v) is 8.03. The highest BCUT2D eigenvalue weighted by Crippen LogP contribution is 2.29. The highest BCUT2D eigenvalue weighted by Gasteiger charge is 2.32. The molecule has 0 saturated carbocycles. The molecule has 2 aromatic heterocycles. The maximum atomic E-state index is 13.4. The number of aromatic nitrogens is 2. The SMILES string of the molecule is Cc1nc(N2CCN(Cc3cc(F)cc(F)c3)C2=O)sc1C(=O)NCc1ccccn1. The van der Waals surface area contributed by atoms with E-state index in [-0.39, 0.29) is 25.0 Å². The molecule has 0 aliphatic carbocycles. The van der Waals surface area contributed by atoms with Crippen LogP contribution in [-0.2, 0) is 13.1 Å². The smallest absolute Gasteiger partial charge is 0.326 e. The second kappa shape index (κ2) is 8.76. The molecule has 31 heavy (non-hydrogen) atoms. The van der Waals surface area contributed by atoms with E-state index >= 15 is 0 Å². The first-order chi connectivity index (χ1) is 14.9. The number of carbonyl (C=O) groups is 2. The van der Waals surface area contributed by atoms with Crippen molar-refractivity contribution in [3.05, 3.63) is 76.1 Å². The van der Waals surface area contributed by atoms with Gasteiger partial charge in [-0.3, -0.25) is 14.7 Å². The Balaban J connectivity index is 1.43. The van der Waals surface area contributed by atoms with Gasteiger partial charge in [-0.15, -0.1) is 0 Å². The van der Waals surface area contributed by atoms with Crippen molar-refractivity contribution in [2.75, 3.05) is 18.0 Å². The van der Waals surface area contributed by atoms with Crippen molar-refractivity contribution in [3.8, 4) is 0 Å². The fourth-order valence-electron chi connectivity index (χ4n) is 3.29. The van der Waals surface area contributed by atoms with Crippen LogP contribution in [0.2, 0.25) is 0 Å². The Morgan fingerprint density at radius 2 is 1.97 bits per heavy atom. The molecule has 1 saturated heterocycles. The number of carbonyl (C=O) groups excluding carboxylic acids is 2. The molecule has 1 fully saturated rings. The number of anilines is 1. The number of rotatable bonds is 6. The summed E-state index contributed by atoms with van der Waals surface area (Å²) in [7, 11) is 0. The van der Waals surface area contributed by atoms with Crippen LogP contribution in [0.15, 0.2) is 42.6 Å². The standard InChI is InChI=1S/C21H19F2N5O2S/c1-13-18(19(29)25-11-17-4-2-3-5-24-17)31-20(26-13)28-7-6-27(21(28)30)12-14-8-15(22)10-16(23)9-14/h2-5,8-10H,6-7,11-12H2,1H3,(H,25,29). The van der Waals surface area contributed by atoms with Crippen molar-refractivity contribution in [1.82, 2.24) is 20.2 Å². The molecule has 0 radical (unpaired) electrons. The number of halogens is 2. The minimum absolute atomic E-state index is 0.0891. The summed E-state index contributed by atoms with van der Waals surface area (Å²) in [5.74, 6) is -1.66. The van der Waals surface area contributed by atoms with Gasteiger partial charge >= 0.3 is 6.03 Å². The molecule has 160 valence electrons. The van der Waals surface area contributed by atoms with Crippen LogP contribution in [0.4, 0.5) is 18.7 Å². The number of hydrogen-bond acceptors (Lipinski definition) is 5. The number of hydrogen-bond donors (Lipinski definition) is 1. The van der Waals surface area contributed by atoms with Gasteiger partial charge in [0.15, 0.2) is 5.13 Å². The molecule has 3 heterocycles. The van der Waals surface area contributed by atoms with E-state index in [2.05, 4.69) is 15.3 Å². The predicted molar refractivity (Wildman–Crippen MR) is 112 cm³/mol. The van der Waals surface area contributed by atoms with E-state index in [1.54, 1.807) is 19.2 Å². The van der Waals surface area contributed by atoms with Gasteiger partial charge < -0.3 is 10.2 Å². The Labute approximate surface area is 181 Å². The topological polar surface area (TPSA) is 78.4 Å². The van der Waals surface area contributed by atoms with Crippen molar-refractivity contribution in [2.24, 2.45) is 0 Å². The zero-order chi connectivity index (χ0) is 22.0. The predicted octanol–water partition coefficient (Wildman–Crippen LogP) is 3.50. The lowest BCUT2D eigenvalue weighted by Gasteiger charge is -2.17. The summed E-state index contributed by atoms with van der Waals surface area (Å²) in [6.07, 6.45) is 1.65. The Morgan fingerprint density at radius 3 is 2.68 bits per heavy atom. The number of amides is 3. The summed E-state index contributed by atoms with van der Waals surface area (Å²) in [6, 6.07) is 8.33. The van der Waals surface area contributed by atoms with Crippen LogP contribution in [0.3, 0.4) is 0 Å². The van der Waals surface area contributed by atoms with Crippen LogP contribution in [0.1, 0.15) is 26.6 Å². The van der Waals surface area contributed by atoms with Crippen LogP contribution in [0.25, 0.3) is 0 Å². The molecular weight excluding hydrogens is 424 g/mol. The van der Waals surface area contributed by atoms with Gasteiger partial charge in [-0.1, -0.05) is 17.4 Å². The summed E-state index contributed by atoms with van der Waals surface area (Å²) in [5.41, 5.74) is 1.63. The fraction of sp³-hybridized carbons (Fsp3) is 0.238. The molecule has 0 spiro atoms. The lowest BCUT2D eigenvalue weighted by atomic mass is 10.2. The average Bonchev–Trinajstić information content (AvgIpc) is 3.29. The number of thiazole rings is 1. The van der Waals surface area contributed by atoms with Crippen LogP contribution in [0.5, 0.6) is 0 Å². The van der Waals surface area contributed by atoms with Crippen molar-refractivity contribution < 1.29 is 18.4 Å². The maximum absolute atomic E-state index is 13.4. The minimum Gasteiger partial charge on any atom is -0.346 e. The Kier molecular flexibility index (Phi) is 5.90. The van der Waals surface area contributed by atoms with Crippen LogP contribution >= 0.6 is 11.3 Å². The first-order valence-electron chi connectivity index (χ1n) is 9.57. The Morgan fingerprint density at radius 1 is 1.19 bits per heavy atom. The largest absolute Gasteiger partial charge is 0.346 e. The van der Waals surface area contributed by atoms with Gasteiger partial charge in [0, 0.05) is 31.9 Å². The summed E-state index contributed by atoms with van der Waals surface area (Å²) >= 11 is 1.13. The van der Waals surface area contributed by atoms with Gasteiger partial charge in [0.25, 0.3) is 5.91 Å². The highest BCUT2D eigenvalue weighted by molar-refractivity contribution is 7.17. The molecule has 0 atom stereocenters. The minimum atomic E-state index is -0.685. The van der Waals surface area contributed by atoms with Gasteiger partial charge in [-0.25, -0.2) is 18.6 Å². The van der Waals surface area contributed by atoms with Gasteiger partial charge in [0.2, 0.25) is 0 Å². The van der Waals surface area contributed by atoms with E-state index in [0.29, 0.717) is 34.4 Å². The summed E-state index contributed by atoms with van der Waals surface area (Å²) in [5, 5.41) is 3.22. The zero-order valence-corrected chi connectivity index (χ0v) is 17.5. The molecule has 1 aliphatic rings. The molecule has 1 aromatic carbocycles. The van der Waals surface area contributed by atoms with Crippen molar-refractivity contribution in [3.63, 3.8) is 0 Å². The Bertz CT molecular complexity index is 1100. The van der Waals surface area contributed by atoms with Crippen LogP contribution < -0.4 is 10.2 Å². The molecule has 10 heteroatoms. The lowest BCUT2D eigenvalue weighted by Crippen LogP contribution is -2.31. The first kappa shape index (κ1) is 20.9. The molecule has 7 nitrogen and oxygen atoms in total. The van der Waals surface area contributed by atoms with Crippen molar-refractivity contribution in [1.29, 1.82) is 0 Å². The number of benzene rings is 1. The first-order valence-corrected chi connectivity index (χ1v) is 10.4. The Hall–Kier alpha value is -3.40. The monoisotopic (exact) mass is 443 g/mol. The average molecular weight is 443 g/mol. The van der Waals surface area contributed by atoms with Crippen molar-refractivity contribution >= 4 is 28.4 Å². The van der Waals surface area contributed by atoms with E-state index in [9.17, 15) is 18.4 Å². The summed E-state index contributed by atoms with van der Waals surface area (Å²) in [6.45, 7) is 2.84. The number of aryl methyl sites for hydroxylation is 1. The fourth-order valence-corrected chi connectivity index (χ4v) is 4.29. The van der Waals surface area contributed by atoms with E-state index in [0.717, 1.165) is 23.1 Å². The lowest BCUT2D eigenvalue weighted by molar-refractivity contribution is 0.0953. The molecule has 1 N–H and O–H groups in total. The number of urea groups is 1. The van der Waals surface area contributed by atoms with Gasteiger partial charge in [-0.05, 0) is 36.8 Å². The second-order valence-electron chi connectivity index (χ2n) is 7.05. The third kappa shape index (κ3) is 4.69. The molecule has 4 rings (SSSR count). The van der Waals surface area contributed by atoms with E-state index < -0.39 is 11.6 Å². The van der Waals surface area contributed by atoms with E-state index in [1.165, 1.54) is 21.9 Å². The molecule has 0 unspecified atom stereocenters. The van der Waals surface area contributed by atoms with E-state index in [1.807, 2.05) is 12.1 Å².